The van der Waals surface area contributed by atoms with Crippen molar-refractivity contribution in [2.24, 2.45) is 13.0 Å². The van der Waals surface area contributed by atoms with Crippen LogP contribution in [0.2, 0.25) is 10.0 Å². The Bertz CT molecular complexity index is 2660. The quantitative estimate of drug-likeness (QED) is 0.161. The zero-order valence-corrected chi connectivity index (χ0v) is 37.2. The summed E-state index contributed by atoms with van der Waals surface area (Å²) in [7, 11) is 1.69. The van der Waals surface area contributed by atoms with Crippen molar-refractivity contribution in [2.75, 3.05) is 18.4 Å². The Labute approximate surface area is 379 Å². The maximum absolute atomic E-state index is 16.3. The van der Waals surface area contributed by atoms with E-state index in [2.05, 4.69) is 21.3 Å². The molecular weight excluding hydrogens is 860 g/mol. The van der Waals surface area contributed by atoms with Gasteiger partial charge < -0.3 is 15.5 Å². The van der Waals surface area contributed by atoms with Crippen LogP contribution in [-0.2, 0) is 36.4 Å². The highest BCUT2D eigenvalue weighted by Crippen LogP contribution is 2.63. The van der Waals surface area contributed by atoms with Crippen LogP contribution in [0.15, 0.2) is 59.4 Å². The van der Waals surface area contributed by atoms with E-state index in [9.17, 15) is 28.8 Å². The number of hydrogen-bond donors (Lipinski definition) is 4. The van der Waals surface area contributed by atoms with E-state index < -0.39 is 40.7 Å². The Hall–Kier alpha value is -5.05. The molecule has 64 heavy (non-hydrogen) atoms. The molecule has 10 rings (SSSR count). The summed E-state index contributed by atoms with van der Waals surface area (Å²) < 4.78 is 19.4. The van der Waals surface area contributed by atoms with E-state index in [1.165, 1.54) is 10.6 Å². The van der Waals surface area contributed by atoms with E-state index in [1.54, 1.807) is 35.9 Å². The lowest BCUT2D eigenvalue weighted by Crippen LogP contribution is -2.60. The zero-order chi connectivity index (χ0) is 44.7. The van der Waals surface area contributed by atoms with Crippen molar-refractivity contribution in [1.82, 2.24) is 30.0 Å². The lowest BCUT2D eigenvalue weighted by molar-refractivity contribution is -0.138. The summed E-state index contributed by atoms with van der Waals surface area (Å²) in [6, 6.07) is 14.1. The predicted octanol–water partition coefficient (Wildman–Crippen LogP) is 6.49. The molecule has 2 saturated carbocycles. The first-order chi connectivity index (χ1) is 30.8. The molecule has 5 amide bonds. The molecule has 4 aromatic rings. The van der Waals surface area contributed by atoms with Gasteiger partial charge in [0.1, 0.15) is 17.3 Å². The zero-order valence-electron chi connectivity index (χ0n) is 35.7. The summed E-state index contributed by atoms with van der Waals surface area (Å²) in [5, 5.41) is 12.8. The molecule has 16 heteroatoms. The highest BCUT2D eigenvalue weighted by atomic mass is 35.5. The van der Waals surface area contributed by atoms with Crippen LogP contribution in [0.25, 0.3) is 11.0 Å². The highest BCUT2D eigenvalue weighted by Gasteiger charge is 2.72. The van der Waals surface area contributed by atoms with Gasteiger partial charge in [0.05, 0.1) is 22.1 Å². The summed E-state index contributed by atoms with van der Waals surface area (Å²) in [6.45, 7) is 1.21. The number of amides is 5. The highest BCUT2D eigenvalue weighted by molar-refractivity contribution is 6.31. The number of imidazole rings is 1. The van der Waals surface area contributed by atoms with Gasteiger partial charge in [0, 0.05) is 60.7 Å². The SMILES string of the molecule is Cn1c(=O)n(C2CCC(=O)NC2=O)c2ccc(C3CCN(C(=O)C4CCC(NC(=O)C5NC6(CCCCC6)[C@@]6(C(=O)Nc7cc(Cl)ccc76)C5c5cccc(Cl)c5F)CC4)CC3)cc21. The van der Waals surface area contributed by atoms with Crippen molar-refractivity contribution in [3.8, 4) is 0 Å². The van der Waals surface area contributed by atoms with Gasteiger partial charge in [0.15, 0.2) is 0 Å². The summed E-state index contributed by atoms with van der Waals surface area (Å²) in [5.41, 5.74) is 1.48. The van der Waals surface area contributed by atoms with Crippen LogP contribution in [0.5, 0.6) is 0 Å². The first-order valence-electron chi connectivity index (χ1n) is 22.8. The number of anilines is 1. The van der Waals surface area contributed by atoms with Gasteiger partial charge in [-0.1, -0.05) is 66.7 Å². The number of aromatic nitrogens is 2. The average molecular weight is 913 g/mol. The molecule has 3 aromatic carbocycles. The molecule has 4 aliphatic heterocycles. The van der Waals surface area contributed by atoms with Crippen molar-refractivity contribution in [2.45, 2.75) is 124 Å². The largest absolute Gasteiger partial charge is 0.352 e. The lowest BCUT2D eigenvalue weighted by atomic mass is 9.55. The normalized spacial score (nSPS) is 28.1. The molecule has 3 saturated heterocycles. The van der Waals surface area contributed by atoms with Crippen LogP contribution >= 0.6 is 23.2 Å². The van der Waals surface area contributed by atoms with E-state index in [4.69, 9.17) is 23.2 Å². The Morgan fingerprint density at radius 3 is 2.33 bits per heavy atom. The second-order valence-electron chi connectivity index (χ2n) is 18.9. The van der Waals surface area contributed by atoms with Gasteiger partial charge in [0.25, 0.3) is 0 Å². The van der Waals surface area contributed by atoms with E-state index in [-0.39, 0.29) is 70.6 Å². The molecule has 0 radical (unpaired) electrons. The summed E-state index contributed by atoms with van der Waals surface area (Å²) >= 11 is 12.8. The third kappa shape index (κ3) is 6.80. The van der Waals surface area contributed by atoms with Crippen LogP contribution in [-0.4, -0.2) is 74.3 Å². The fourth-order valence-corrected chi connectivity index (χ4v) is 12.9. The molecular formula is C48H52Cl2FN7O6. The number of imide groups is 1. The Morgan fingerprint density at radius 2 is 1.59 bits per heavy atom. The minimum absolute atomic E-state index is 0.0767. The van der Waals surface area contributed by atoms with Crippen LogP contribution in [0.3, 0.4) is 0 Å². The molecule has 4 atom stereocenters. The third-order valence-electron chi connectivity index (χ3n) is 15.6. The van der Waals surface area contributed by atoms with Gasteiger partial charge in [-0.2, -0.15) is 0 Å². The molecule has 5 fully saturated rings. The fraction of sp³-hybridized carbons (Fsp3) is 0.500. The smallest absolute Gasteiger partial charge is 0.329 e. The topological polar surface area (TPSA) is 164 Å². The van der Waals surface area contributed by atoms with Gasteiger partial charge in [-0.05, 0) is 111 Å². The first-order valence-corrected chi connectivity index (χ1v) is 23.5. The van der Waals surface area contributed by atoms with Crippen molar-refractivity contribution in [1.29, 1.82) is 0 Å². The molecule has 4 N–H and O–H groups in total. The van der Waals surface area contributed by atoms with Gasteiger partial charge in [-0.3, -0.25) is 43.7 Å². The number of carbonyl (C=O) groups excluding carboxylic acids is 5. The van der Waals surface area contributed by atoms with Crippen molar-refractivity contribution >= 4 is 69.5 Å². The number of nitrogens with one attached hydrogen (secondary N) is 4. The number of rotatable bonds is 6. The van der Waals surface area contributed by atoms with E-state index in [1.807, 2.05) is 29.2 Å². The first kappa shape index (κ1) is 42.9. The number of nitrogens with zero attached hydrogens (tertiary/aromatic N) is 3. The Kier molecular flexibility index (Phi) is 11.0. The number of fused-ring (bicyclic) bond motifs is 4. The maximum atomic E-state index is 16.3. The molecule has 2 aliphatic carbocycles. The van der Waals surface area contributed by atoms with Crippen molar-refractivity contribution in [3.05, 3.63) is 97.6 Å². The standard InChI is InChI=1S/C48H52Cl2FN7O6/c1-56-37-24-28(10-15-35(37)58(46(56)64)36-16-17-38(59)54-42(36)60)26-18-22-57(23-19-26)44(62)27-8-12-30(13-9-27)52-43(61)41-39(31-6-5-7-33(50)40(31)51)48(47(55-41)20-3-2-4-21-47)32-14-11-29(49)25-34(32)53-45(48)63/h5-7,10-11,14-15,24-27,30,36,39,41,55H,2-4,8-9,12-13,16-23H2,1H3,(H,52,61)(H,53,63)(H,54,59,60)/t27?,30?,36?,39?,41?,48-/m1/s1. The summed E-state index contributed by atoms with van der Waals surface area (Å²) in [4.78, 5) is 83.1. The molecule has 0 bridgehead atoms. The van der Waals surface area contributed by atoms with E-state index in [0.717, 1.165) is 43.2 Å². The molecule has 6 aliphatic rings. The van der Waals surface area contributed by atoms with Gasteiger partial charge in [0.2, 0.25) is 29.5 Å². The third-order valence-corrected chi connectivity index (χ3v) is 16.2. The predicted molar refractivity (Wildman–Crippen MR) is 240 cm³/mol. The summed E-state index contributed by atoms with van der Waals surface area (Å²) in [6.07, 6.45) is 8.39. The maximum Gasteiger partial charge on any atom is 0.329 e. The minimum Gasteiger partial charge on any atom is -0.352 e. The lowest BCUT2D eigenvalue weighted by Gasteiger charge is -2.47. The number of likely N-dealkylation sites (tertiary alicyclic amines) is 1. The Morgan fingerprint density at radius 1 is 0.844 bits per heavy atom. The van der Waals surface area contributed by atoms with Gasteiger partial charge in [-0.25, -0.2) is 9.18 Å². The minimum atomic E-state index is -1.31. The van der Waals surface area contributed by atoms with Crippen molar-refractivity contribution in [3.63, 3.8) is 0 Å². The number of hydrogen-bond acceptors (Lipinski definition) is 7. The number of aryl methyl sites for hydroxylation is 1. The van der Waals surface area contributed by atoms with E-state index in [0.29, 0.717) is 73.4 Å². The number of halogens is 3. The molecule has 3 unspecified atom stereocenters. The van der Waals surface area contributed by atoms with Crippen molar-refractivity contribution < 1.29 is 28.4 Å². The van der Waals surface area contributed by atoms with Crippen LogP contribution in [0, 0.1) is 11.7 Å². The molecule has 5 heterocycles. The monoisotopic (exact) mass is 911 g/mol. The van der Waals surface area contributed by atoms with Gasteiger partial charge >= 0.3 is 5.69 Å². The van der Waals surface area contributed by atoms with Gasteiger partial charge in [-0.15, -0.1) is 0 Å². The van der Waals surface area contributed by atoms with E-state index >= 15 is 4.39 Å². The van der Waals surface area contributed by atoms with Crippen LogP contribution in [0.1, 0.15) is 118 Å². The van der Waals surface area contributed by atoms with Crippen LogP contribution in [0.4, 0.5) is 10.1 Å². The van der Waals surface area contributed by atoms with Crippen LogP contribution < -0.4 is 27.0 Å². The second-order valence-corrected chi connectivity index (χ2v) is 19.8. The second kappa shape index (κ2) is 16.4. The molecule has 1 aromatic heterocycles. The number of carbonyl (C=O) groups is 5. The molecule has 2 spiro atoms. The fourth-order valence-electron chi connectivity index (χ4n) is 12.5. The Balaban J connectivity index is 0.815. The number of piperidine rings is 2. The number of benzene rings is 3. The summed E-state index contributed by atoms with van der Waals surface area (Å²) in [5.74, 6) is -2.79. The molecule has 336 valence electrons. The molecule has 13 nitrogen and oxygen atoms in total. The average Bonchev–Trinajstić information content (AvgIpc) is 3.84.